The van der Waals surface area contributed by atoms with Gasteiger partial charge in [0, 0.05) is 12.0 Å². The third-order valence-corrected chi connectivity index (χ3v) is 3.01. The molecule has 0 saturated heterocycles. The summed E-state index contributed by atoms with van der Waals surface area (Å²) in [7, 11) is 0. The lowest BCUT2D eigenvalue weighted by Crippen LogP contribution is -2.12. The predicted octanol–water partition coefficient (Wildman–Crippen LogP) is 4.26. The van der Waals surface area contributed by atoms with Gasteiger partial charge in [0.15, 0.2) is 0 Å². The topological polar surface area (TPSA) is 20.2 Å². The van der Waals surface area contributed by atoms with Crippen molar-refractivity contribution < 1.29 is 27.1 Å². The van der Waals surface area contributed by atoms with Gasteiger partial charge in [0.2, 0.25) is 0 Å². The third kappa shape index (κ3) is 3.58. The van der Waals surface area contributed by atoms with Crippen LogP contribution in [0.1, 0.15) is 22.8 Å². The molecule has 2 rings (SSSR count). The normalized spacial score (nSPS) is 13.2. The standard InChI is InChI=1S/C15H11F5O/c16-10-4-1-3-9(7-10)8-13(21)11-5-2-6-12(14(11)17)15(18,19)20/h1-7,13,21H,8H2. The Balaban J connectivity index is 2.30. The smallest absolute Gasteiger partial charge is 0.388 e. The molecule has 0 aliphatic carbocycles. The molecule has 1 unspecified atom stereocenters. The summed E-state index contributed by atoms with van der Waals surface area (Å²) in [5.74, 6) is -2.04. The van der Waals surface area contributed by atoms with Gasteiger partial charge < -0.3 is 5.11 Å². The molecule has 1 N–H and O–H groups in total. The van der Waals surface area contributed by atoms with Gasteiger partial charge >= 0.3 is 6.18 Å². The summed E-state index contributed by atoms with van der Waals surface area (Å²) in [6, 6.07) is 7.94. The monoisotopic (exact) mass is 302 g/mol. The van der Waals surface area contributed by atoms with E-state index < -0.39 is 35.0 Å². The number of benzene rings is 2. The number of alkyl halides is 3. The number of rotatable bonds is 3. The molecule has 1 atom stereocenters. The first-order valence-electron chi connectivity index (χ1n) is 6.07. The van der Waals surface area contributed by atoms with E-state index >= 15 is 0 Å². The van der Waals surface area contributed by atoms with Gasteiger partial charge in [-0.25, -0.2) is 8.78 Å². The Morgan fingerprint density at radius 1 is 1.00 bits per heavy atom. The Morgan fingerprint density at radius 3 is 2.29 bits per heavy atom. The Morgan fingerprint density at radius 2 is 1.67 bits per heavy atom. The molecule has 2 aromatic carbocycles. The zero-order chi connectivity index (χ0) is 15.6. The fraction of sp³-hybridized carbons (Fsp3) is 0.200. The van der Waals surface area contributed by atoms with Gasteiger partial charge in [-0.05, 0) is 23.8 Å². The van der Waals surface area contributed by atoms with Crippen molar-refractivity contribution in [3.8, 4) is 0 Å². The summed E-state index contributed by atoms with van der Waals surface area (Å²) in [5.41, 5.74) is -1.54. The largest absolute Gasteiger partial charge is 0.419 e. The fourth-order valence-corrected chi connectivity index (χ4v) is 2.02. The Hall–Kier alpha value is -1.95. The molecule has 21 heavy (non-hydrogen) atoms. The second-order valence-corrected chi connectivity index (χ2v) is 4.56. The first kappa shape index (κ1) is 15.4. The highest BCUT2D eigenvalue weighted by Gasteiger charge is 2.35. The number of hydrogen-bond acceptors (Lipinski definition) is 1. The first-order chi connectivity index (χ1) is 9.79. The summed E-state index contributed by atoms with van der Waals surface area (Å²) in [4.78, 5) is 0. The highest BCUT2D eigenvalue weighted by molar-refractivity contribution is 5.31. The molecular weight excluding hydrogens is 291 g/mol. The molecule has 0 fully saturated rings. The number of aliphatic hydroxyl groups is 1. The number of hydrogen-bond donors (Lipinski definition) is 1. The lowest BCUT2D eigenvalue weighted by Gasteiger charge is -2.15. The quantitative estimate of drug-likeness (QED) is 0.840. The summed E-state index contributed by atoms with van der Waals surface area (Å²) in [6.07, 6.45) is -6.51. The molecule has 6 heteroatoms. The Bertz CT molecular complexity index is 636. The van der Waals surface area contributed by atoms with Gasteiger partial charge in [0.05, 0.1) is 11.7 Å². The van der Waals surface area contributed by atoms with Crippen LogP contribution < -0.4 is 0 Å². The maximum atomic E-state index is 13.8. The van der Waals surface area contributed by atoms with Crippen LogP contribution in [0.5, 0.6) is 0 Å². The molecule has 112 valence electrons. The van der Waals surface area contributed by atoms with Crippen molar-refractivity contribution in [3.63, 3.8) is 0 Å². The van der Waals surface area contributed by atoms with Gasteiger partial charge in [-0.1, -0.05) is 24.3 Å². The van der Waals surface area contributed by atoms with Crippen LogP contribution in [0, 0.1) is 11.6 Å². The van der Waals surface area contributed by atoms with Crippen LogP contribution in [0.25, 0.3) is 0 Å². The third-order valence-electron chi connectivity index (χ3n) is 3.01. The van der Waals surface area contributed by atoms with Crippen LogP contribution in [0.15, 0.2) is 42.5 Å². The van der Waals surface area contributed by atoms with Gasteiger partial charge in [0.25, 0.3) is 0 Å². The lowest BCUT2D eigenvalue weighted by atomic mass is 9.99. The van der Waals surface area contributed by atoms with E-state index in [1.807, 2.05) is 0 Å². The van der Waals surface area contributed by atoms with E-state index in [0.717, 1.165) is 18.2 Å². The minimum atomic E-state index is -4.83. The van der Waals surface area contributed by atoms with Gasteiger partial charge in [-0.2, -0.15) is 13.2 Å². The van der Waals surface area contributed by atoms with E-state index in [0.29, 0.717) is 11.6 Å². The summed E-state index contributed by atoms with van der Waals surface area (Å²) < 4.78 is 64.7. The van der Waals surface area contributed by atoms with E-state index in [1.165, 1.54) is 18.2 Å². The molecule has 0 spiro atoms. The minimum absolute atomic E-state index is 0.185. The van der Waals surface area contributed by atoms with Crippen LogP contribution in [0.2, 0.25) is 0 Å². The van der Waals surface area contributed by atoms with E-state index in [4.69, 9.17) is 0 Å². The highest BCUT2D eigenvalue weighted by Crippen LogP contribution is 2.34. The number of aliphatic hydroxyl groups excluding tert-OH is 1. The molecule has 1 nitrogen and oxygen atoms in total. The lowest BCUT2D eigenvalue weighted by molar-refractivity contribution is -0.140. The van der Waals surface area contributed by atoms with E-state index in [1.54, 1.807) is 0 Å². The molecule has 0 aliphatic rings. The highest BCUT2D eigenvalue weighted by atomic mass is 19.4. The SMILES string of the molecule is OC(Cc1cccc(F)c1)c1cccc(C(F)(F)F)c1F. The number of halogens is 5. The van der Waals surface area contributed by atoms with Crippen molar-refractivity contribution in [1.29, 1.82) is 0 Å². The van der Waals surface area contributed by atoms with Crippen LogP contribution in [-0.4, -0.2) is 5.11 Å². The second-order valence-electron chi connectivity index (χ2n) is 4.56. The van der Waals surface area contributed by atoms with Crippen LogP contribution in [0.4, 0.5) is 22.0 Å². The van der Waals surface area contributed by atoms with Crippen LogP contribution in [-0.2, 0) is 12.6 Å². The van der Waals surface area contributed by atoms with Crippen molar-refractivity contribution in [2.75, 3.05) is 0 Å². The summed E-state index contributed by atoms with van der Waals surface area (Å²) in [5, 5.41) is 9.91. The van der Waals surface area contributed by atoms with Crippen molar-refractivity contribution in [2.24, 2.45) is 0 Å². The molecular formula is C15H11F5O. The maximum absolute atomic E-state index is 13.8. The maximum Gasteiger partial charge on any atom is 0.419 e. The van der Waals surface area contributed by atoms with Gasteiger partial charge in [-0.3, -0.25) is 0 Å². The van der Waals surface area contributed by atoms with E-state index in [-0.39, 0.29) is 6.42 Å². The summed E-state index contributed by atoms with van der Waals surface area (Å²) in [6.45, 7) is 0. The average molecular weight is 302 g/mol. The van der Waals surface area contributed by atoms with E-state index in [2.05, 4.69) is 0 Å². The molecule has 0 amide bonds. The van der Waals surface area contributed by atoms with E-state index in [9.17, 15) is 27.1 Å². The molecule has 2 aromatic rings. The van der Waals surface area contributed by atoms with Crippen molar-refractivity contribution >= 4 is 0 Å². The van der Waals surface area contributed by atoms with Gasteiger partial charge in [0.1, 0.15) is 11.6 Å². The molecule has 0 radical (unpaired) electrons. The molecule has 0 aromatic heterocycles. The second kappa shape index (κ2) is 5.81. The van der Waals surface area contributed by atoms with Crippen molar-refractivity contribution in [2.45, 2.75) is 18.7 Å². The first-order valence-corrected chi connectivity index (χ1v) is 6.07. The zero-order valence-corrected chi connectivity index (χ0v) is 10.7. The summed E-state index contributed by atoms with van der Waals surface area (Å²) >= 11 is 0. The molecule has 0 bridgehead atoms. The fourth-order valence-electron chi connectivity index (χ4n) is 2.02. The van der Waals surface area contributed by atoms with Crippen molar-refractivity contribution in [1.82, 2.24) is 0 Å². The molecule has 0 saturated carbocycles. The average Bonchev–Trinajstić information content (AvgIpc) is 2.37. The van der Waals surface area contributed by atoms with Crippen LogP contribution in [0.3, 0.4) is 0 Å². The molecule has 0 heterocycles. The molecule has 0 aliphatic heterocycles. The minimum Gasteiger partial charge on any atom is -0.388 e. The van der Waals surface area contributed by atoms with Crippen molar-refractivity contribution in [3.05, 3.63) is 70.8 Å². The van der Waals surface area contributed by atoms with Gasteiger partial charge in [-0.15, -0.1) is 0 Å². The Labute approximate surface area is 117 Å². The predicted molar refractivity (Wildman–Crippen MR) is 66.5 cm³/mol. The van der Waals surface area contributed by atoms with Crippen LogP contribution >= 0.6 is 0 Å². The zero-order valence-electron chi connectivity index (χ0n) is 10.7. The Kier molecular flexibility index (Phi) is 4.27.